The Labute approximate surface area is 152 Å². The summed E-state index contributed by atoms with van der Waals surface area (Å²) in [5, 5.41) is 11.4. The molecule has 0 saturated heterocycles. The molecule has 1 atom stereocenters. The van der Waals surface area contributed by atoms with Gasteiger partial charge in [-0.2, -0.15) is 0 Å². The predicted octanol–water partition coefficient (Wildman–Crippen LogP) is 1.83. The van der Waals surface area contributed by atoms with Crippen molar-refractivity contribution in [3.05, 3.63) is 65.6 Å². The summed E-state index contributed by atoms with van der Waals surface area (Å²) in [6, 6.07) is 14.2. The van der Waals surface area contributed by atoms with E-state index in [1.807, 2.05) is 35.7 Å². The highest BCUT2D eigenvalue weighted by Crippen LogP contribution is 2.20. The summed E-state index contributed by atoms with van der Waals surface area (Å²) < 4.78 is 1.96. The van der Waals surface area contributed by atoms with Crippen LogP contribution in [0.15, 0.2) is 48.7 Å². The van der Waals surface area contributed by atoms with Crippen LogP contribution in [-0.2, 0) is 24.2 Å². The van der Waals surface area contributed by atoms with Crippen LogP contribution in [0.5, 0.6) is 0 Å². The first-order chi connectivity index (χ1) is 12.7. The molecule has 0 fully saturated rings. The Morgan fingerprint density at radius 1 is 1.15 bits per heavy atom. The number of hydrogen-bond acceptors (Lipinski definition) is 4. The molecule has 0 bridgehead atoms. The number of fused-ring (bicyclic) bond motifs is 2. The molecule has 1 amide bonds. The number of pyridine rings is 1. The van der Waals surface area contributed by atoms with E-state index in [1.54, 1.807) is 0 Å². The molecule has 26 heavy (non-hydrogen) atoms. The number of nitrogens with zero attached hydrogens (tertiary/aromatic N) is 4. The van der Waals surface area contributed by atoms with Crippen molar-refractivity contribution in [2.45, 2.75) is 32.4 Å². The van der Waals surface area contributed by atoms with E-state index in [0.717, 1.165) is 31.0 Å². The first-order valence-corrected chi connectivity index (χ1v) is 9.09. The molecular weight excluding hydrogens is 326 g/mol. The first-order valence-electron chi connectivity index (χ1n) is 9.09. The number of hydrogen-bond donors (Lipinski definition) is 1. The summed E-state index contributed by atoms with van der Waals surface area (Å²) in [5.74, 6) is 0.929. The Bertz CT molecular complexity index is 919. The molecule has 6 heteroatoms. The molecule has 0 radical (unpaired) electrons. The van der Waals surface area contributed by atoms with Gasteiger partial charge in [0.25, 0.3) is 0 Å². The van der Waals surface area contributed by atoms with Crippen LogP contribution in [0.25, 0.3) is 5.65 Å². The Hall–Kier alpha value is -2.73. The van der Waals surface area contributed by atoms with Gasteiger partial charge in [0.1, 0.15) is 5.82 Å². The van der Waals surface area contributed by atoms with Crippen molar-refractivity contribution in [1.82, 2.24) is 24.8 Å². The third kappa shape index (κ3) is 3.32. The molecule has 3 heterocycles. The second-order valence-corrected chi connectivity index (χ2v) is 6.75. The number of aromatic nitrogens is 3. The average Bonchev–Trinajstić information content (AvgIpc) is 3.10. The summed E-state index contributed by atoms with van der Waals surface area (Å²) in [4.78, 5) is 14.8. The van der Waals surface area contributed by atoms with E-state index in [0.29, 0.717) is 13.0 Å². The molecule has 0 saturated carbocycles. The lowest BCUT2D eigenvalue weighted by atomic mass is 9.99. The molecule has 1 N–H and O–H groups in total. The lowest BCUT2D eigenvalue weighted by Gasteiger charge is -2.32. The minimum atomic E-state index is -0.140. The molecule has 4 rings (SSSR count). The van der Waals surface area contributed by atoms with E-state index in [-0.39, 0.29) is 11.9 Å². The number of amides is 1. The van der Waals surface area contributed by atoms with Crippen molar-refractivity contribution in [3.63, 3.8) is 0 Å². The van der Waals surface area contributed by atoms with Gasteiger partial charge in [0.2, 0.25) is 5.91 Å². The maximum absolute atomic E-state index is 12.6. The average molecular weight is 349 g/mol. The van der Waals surface area contributed by atoms with E-state index in [4.69, 9.17) is 0 Å². The molecular formula is C20H23N5O. The SMILES string of the molecule is CC(C(=O)NCCc1nnc2ccccn12)N1CCc2ccccc2C1. The molecule has 1 unspecified atom stereocenters. The van der Waals surface area contributed by atoms with Gasteiger partial charge < -0.3 is 5.32 Å². The van der Waals surface area contributed by atoms with Crippen molar-refractivity contribution in [2.24, 2.45) is 0 Å². The van der Waals surface area contributed by atoms with E-state index in [9.17, 15) is 4.79 Å². The normalized spacial score (nSPS) is 15.6. The molecule has 0 aliphatic carbocycles. The lowest BCUT2D eigenvalue weighted by molar-refractivity contribution is -0.126. The van der Waals surface area contributed by atoms with Gasteiger partial charge in [-0.1, -0.05) is 30.3 Å². The largest absolute Gasteiger partial charge is 0.354 e. The van der Waals surface area contributed by atoms with Crippen LogP contribution in [0.1, 0.15) is 23.9 Å². The number of rotatable bonds is 5. The number of nitrogens with one attached hydrogen (secondary N) is 1. The van der Waals surface area contributed by atoms with Gasteiger partial charge in [-0.3, -0.25) is 14.1 Å². The van der Waals surface area contributed by atoms with Gasteiger partial charge >= 0.3 is 0 Å². The van der Waals surface area contributed by atoms with Crippen LogP contribution < -0.4 is 5.32 Å². The minimum absolute atomic E-state index is 0.0678. The second kappa shape index (κ2) is 7.25. The Balaban J connectivity index is 1.32. The van der Waals surface area contributed by atoms with Gasteiger partial charge in [-0.05, 0) is 36.6 Å². The van der Waals surface area contributed by atoms with Crippen LogP contribution in [0.4, 0.5) is 0 Å². The maximum atomic E-state index is 12.6. The van der Waals surface area contributed by atoms with E-state index in [1.165, 1.54) is 11.1 Å². The van der Waals surface area contributed by atoms with Gasteiger partial charge in [0.05, 0.1) is 6.04 Å². The summed E-state index contributed by atoms with van der Waals surface area (Å²) in [6.07, 6.45) is 3.60. The summed E-state index contributed by atoms with van der Waals surface area (Å²) in [6.45, 7) is 4.29. The zero-order valence-electron chi connectivity index (χ0n) is 14.9. The third-order valence-electron chi connectivity index (χ3n) is 5.12. The topological polar surface area (TPSA) is 62.5 Å². The molecule has 0 spiro atoms. The Morgan fingerprint density at radius 2 is 1.96 bits per heavy atom. The predicted molar refractivity (Wildman–Crippen MR) is 99.7 cm³/mol. The highest BCUT2D eigenvalue weighted by atomic mass is 16.2. The van der Waals surface area contributed by atoms with Crippen LogP contribution in [0, 0.1) is 0 Å². The summed E-state index contributed by atoms with van der Waals surface area (Å²) in [7, 11) is 0. The van der Waals surface area contributed by atoms with Crippen molar-refractivity contribution < 1.29 is 4.79 Å². The molecule has 2 aromatic heterocycles. The molecule has 134 valence electrons. The van der Waals surface area contributed by atoms with Crippen LogP contribution in [-0.4, -0.2) is 44.5 Å². The monoisotopic (exact) mass is 349 g/mol. The molecule has 1 aliphatic heterocycles. The zero-order valence-corrected chi connectivity index (χ0v) is 14.9. The van der Waals surface area contributed by atoms with E-state index >= 15 is 0 Å². The number of carbonyl (C=O) groups excluding carboxylic acids is 1. The number of benzene rings is 1. The summed E-state index contributed by atoms with van der Waals surface area (Å²) >= 11 is 0. The van der Waals surface area contributed by atoms with Crippen LogP contribution >= 0.6 is 0 Å². The second-order valence-electron chi connectivity index (χ2n) is 6.75. The van der Waals surface area contributed by atoms with Crippen molar-refractivity contribution >= 4 is 11.6 Å². The summed E-state index contributed by atoms with van der Waals surface area (Å²) in [5.41, 5.74) is 3.55. The van der Waals surface area contributed by atoms with Crippen LogP contribution in [0.2, 0.25) is 0 Å². The quantitative estimate of drug-likeness (QED) is 0.763. The molecule has 1 aliphatic rings. The maximum Gasteiger partial charge on any atom is 0.237 e. The van der Waals surface area contributed by atoms with Gasteiger partial charge in [0, 0.05) is 32.3 Å². The van der Waals surface area contributed by atoms with E-state index < -0.39 is 0 Å². The van der Waals surface area contributed by atoms with Crippen LogP contribution in [0.3, 0.4) is 0 Å². The fourth-order valence-electron chi connectivity index (χ4n) is 3.52. The Kier molecular flexibility index (Phi) is 4.67. The minimum Gasteiger partial charge on any atom is -0.354 e. The highest BCUT2D eigenvalue weighted by Gasteiger charge is 2.24. The van der Waals surface area contributed by atoms with Crippen molar-refractivity contribution in [3.8, 4) is 0 Å². The fourth-order valence-corrected chi connectivity index (χ4v) is 3.52. The first kappa shape index (κ1) is 16.7. The molecule has 6 nitrogen and oxygen atoms in total. The third-order valence-corrected chi connectivity index (χ3v) is 5.12. The lowest BCUT2D eigenvalue weighted by Crippen LogP contribution is -2.47. The smallest absolute Gasteiger partial charge is 0.237 e. The molecule has 3 aromatic rings. The Morgan fingerprint density at radius 3 is 2.85 bits per heavy atom. The number of carbonyl (C=O) groups is 1. The van der Waals surface area contributed by atoms with Gasteiger partial charge in [0.15, 0.2) is 5.65 Å². The highest BCUT2D eigenvalue weighted by molar-refractivity contribution is 5.81. The van der Waals surface area contributed by atoms with Crippen molar-refractivity contribution in [2.75, 3.05) is 13.1 Å². The van der Waals surface area contributed by atoms with E-state index in [2.05, 4.69) is 44.7 Å². The zero-order chi connectivity index (χ0) is 17.9. The van der Waals surface area contributed by atoms with Gasteiger partial charge in [-0.15, -0.1) is 10.2 Å². The fraction of sp³-hybridized carbons (Fsp3) is 0.350. The van der Waals surface area contributed by atoms with Crippen molar-refractivity contribution in [1.29, 1.82) is 0 Å². The standard InChI is InChI=1S/C20H23N5O/c1-15(24-13-10-16-6-2-3-7-17(16)14-24)20(26)21-11-9-19-23-22-18-8-4-5-12-25(18)19/h2-8,12,15H,9-11,13-14H2,1H3,(H,21,26). The molecule has 1 aromatic carbocycles. The van der Waals surface area contributed by atoms with Gasteiger partial charge in [-0.25, -0.2) is 0 Å².